The third-order valence-corrected chi connectivity index (χ3v) is 4.07. The fourth-order valence-electron chi connectivity index (χ4n) is 2.89. The molecular weight excluding hydrogens is 256 g/mol. The van der Waals surface area contributed by atoms with Gasteiger partial charge in [-0.15, -0.1) is 0 Å². The summed E-state index contributed by atoms with van der Waals surface area (Å²) in [6, 6.07) is 8.11. The highest BCUT2D eigenvalue weighted by Crippen LogP contribution is 2.29. The Labute approximate surface area is 118 Å². The van der Waals surface area contributed by atoms with E-state index in [1.54, 1.807) is 0 Å². The summed E-state index contributed by atoms with van der Waals surface area (Å²) in [6.45, 7) is 2.47. The second-order valence-corrected chi connectivity index (χ2v) is 5.77. The number of nitrogens with zero attached hydrogens (tertiary/aromatic N) is 1. The minimum absolute atomic E-state index is 0.115. The van der Waals surface area contributed by atoms with E-state index in [0.717, 1.165) is 24.4 Å². The highest BCUT2D eigenvalue weighted by Gasteiger charge is 2.30. The van der Waals surface area contributed by atoms with Gasteiger partial charge in [0.15, 0.2) is 0 Å². The van der Waals surface area contributed by atoms with Crippen molar-refractivity contribution in [2.45, 2.75) is 18.6 Å². The molecule has 2 aliphatic rings. The van der Waals surface area contributed by atoms with Crippen molar-refractivity contribution in [2.24, 2.45) is 5.92 Å². The van der Waals surface area contributed by atoms with Crippen LogP contribution in [0, 0.1) is 5.92 Å². The minimum atomic E-state index is -0.718. The fraction of sp³-hybridized carbons (Fsp3) is 0.533. The topological polar surface area (TPSA) is 61.8 Å². The fourth-order valence-corrected chi connectivity index (χ4v) is 2.89. The summed E-state index contributed by atoms with van der Waals surface area (Å²) >= 11 is 0. The summed E-state index contributed by atoms with van der Waals surface area (Å²) in [5, 5.41) is 12.3. The summed E-state index contributed by atoms with van der Waals surface area (Å²) in [6.07, 6.45) is 0.920. The average molecular weight is 276 g/mol. The second kappa shape index (κ2) is 5.42. The average Bonchev–Trinajstić information content (AvgIpc) is 2.87. The molecule has 2 atom stereocenters. The smallest absolute Gasteiger partial charge is 0.307 e. The summed E-state index contributed by atoms with van der Waals surface area (Å²) < 4.78 is 5.91. The molecule has 20 heavy (non-hydrogen) atoms. The standard InChI is InChI=1S/C15H20N2O3/c1-17-8-13(9-17)20-12-4-2-3-10(5-12)14-6-11(7-16-14)15(18)19/h2-5,11,13-14,16H,6-9H2,1H3,(H,18,19). The number of hydrogen-bond donors (Lipinski definition) is 2. The number of likely N-dealkylation sites (tertiary alicyclic amines) is 1. The zero-order chi connectivity index (χ0) is 14.1. The lowest BCUT2D eigenvalue weighted by atomic mass is 10.00. The maximum absolute atomic E-state index is 11.0. The van der Waals surface area contributed by atoms with Gasteiger partial charge < -0.3 is 15.2 Å². The van der Waals surface area contributed by atoms with Crippen LogP contribution >= 0.6 is 0 Å². The molecule has 2 aliphatic heterocycles. The molecule has 0 saturated carbocycles. The molecule has 0 spiro atoms. The van der Waals surface area contributed by atoms with Crippen molar-refractivity contribution in [3.8, 4) is 5.75 Å². The molecule has 5 heteroatoms. The number of rotatable bonds is 4. The molecule has 0 bridgehead atoms. The predicted octanol–water partition coefficient (Wildman–Crippen LogP) is 1.11. The predicted molar refractivity (Wildman–Crippen MR) is 74.8 cm³/mol. The molecular formula is C15H20N2O3. The molecule has 2 heterocycles. The van der Waals surface area contributed by atoms with Gasteiger partial charge in [0.05, 0.1) is 5.92 Å². The van der Waals surface area contributed by atoms with Gasteiger partial charge in [-0.2, -0.15) is 0 Å². The molecule has 0 radical (unpaired) electrons. The van der Waals surface area contributed by atoms with E-state index in [4.69, 9.17) is 9.84 Å². The van der Waals surface area contributed by atoms with E-state index in [1.807, 2.05) is 24.3 Å². The van der Waals surface area contributed by atoms with Gasteiger partial charge in [0, 0.05) is 25.7 Å². The Morgan fingerprint density at radius 1 is 1.45 bits per heavy atom. The number of likely N-dealkylation sites (N-methyl/N-ethyl adjacent to an activating group) is 1. The first-order chi connectivity index (χ1) is 9.61. The second-order valence-electron chi connectivity index (χ2n) is 5.77. The maximum atomic E-state index is 11.0. The largest absolute Gasteiger partial charge is 0.488 e. The van der Waals surface area contributed by atoms with Crippen LogP contribution in [0.15, 0.2) is 24.3 Å². The van der Waals surface area contributed by atoms with E-state index < -0.39 is 5.97 Å². The quantitative estimate of drug-likeness (QED) is 0.863. The van der Waals surface area contributed by atoms with Crippen LogP contribution in [0.1, 0.15) is 18.0 Å². The van der Waals surface area contributed by atoms with Crippen LogP contribution in [-0.2, 0) is 4.79 Å². The van der Waals surface area contributed by atoms with Crippen LogP contribution in [0.3, 0.4) is 0 Å². The van der Waals surface area contributed by atoms with E-state index >= 15 is 0 Å². The maximum Gasteiger partial charge on any atom is 0.307 e. The molecule has 2 N–H and O–H groups in total. The molecule has 108 valence electrons. The lowest BCUT2D eigenvalue weighted by Crippen LogP contribution is -2.51. The van der Waals surface area contributed by atoms with E-state index in [0.29, 0.717) is 13.0 Å². The molecule has 1 aromatic carbocycles. The molecule has 2 saturated heterocycles. The van der Waals surface area contributed by atoms with E-state index in [1.165, 1.54) is 0 Å². The first kappa shape index (κ1) is 13.4. The molecule has 3 rings (SSSR count). The first-order valence-corrected chi connectivity index (χ1v) is 7.03. The van der Waals surface area contributed by atoms with Gasteiger partial charge in [0.1, 0.15) is 11.9 Å². The number of carboxylic acid groups (broad SMARTS) is 1. The Morgan fingerprint density at radius 3 is 2.90 bits per heavy atom. The lowest BCUT2D eigenvalue weighted by molar-refractivity contribution is -0.141. The molecule has 1 aromatic rings. The Morgan fingerprint density at radius 2 is 2.25 bits per heavy atom. The Hall–Kier alpha value is -1.59. The van der Waals surface area contributed by atoms with Gasteiger partial charge in [-0.3, -0.25) is 9.69 Å². The normalized spacial score (nSPS) is 27.2. The summed E-state index contributed by atoms with van der Waals surface area (Å²) in [4.78, 5) is 13.2. The SMILES string of the molecule is CN1CC(Oc2cccc(C3CC(C(=O)O)CN3)c2)C1. The number of benzene rings is 1. The van der Waals surface area contributed by atoms with Gasteiger partial charge in [-0.05, 0) is 31.2 Å². The Bertz CT molecular complexity index is 500. The van der Waals surface area contributed by atoms with Crippen molar-refractivity contribution >= 4 is 5.97 Å². The lowest BCUT2D eigenvalue weighted by Gasteiger charge is -2.36. The van der Waals surface area contributed by atoms with Gasteiger partial charge in [0.25, 0.3) is 0 Å². The molecule has 5 nitrogen and oxygen atoms in total. The highest BCUT2D eigenvalue weighted by molar-refractivity contribution is 5.70. The summed E-state index contributed by atoms with van der Waals surface area (Å²) in [5.41, 5.74) is 1.11. The van der Waals surface area contributed by atoms with Crippen molar-refractivity contribution < 1.29 is 14.6 Å². The molecule has 0 amide bonds. The third-order valence-electron chi connectivity index (χ3n) is 4.07. The van der Waals surface area contributed by atoms with Crippen molar-refractivity contribution in [2.75, 3.05) is 26.7 Å². The number of aliphatic carboxylic acids is 1. The number of hydrogen-bond acceptors (Lipinski definition) is 4. The van der Waals surface area contributed by atoms with Crippen LogP contribution in [0.4, 0.5) is 0 Å². The van der Waals surface area contributed by atoms with E-state index in [-0.39, 0.29) is 18.1 Å². The molecule has 0 aliphatic carbocycles. The van der Waals surface area contributed by atoms with Crippen molar-refractivity contribution in [1.82, 2.24) is 10.2 Å². The van der Waals surface area contributed by atoms with Gasteiger partial charge in [-0.1, -0.05) is 12.1 Å². The van der Waals surface area contributed by atoms with Crippen molar-refractivity contribution in [3.63, 3.8) is 0 Å². The van der Waals surface area contributed by atoms with Gasteiger partial charge in [0.2, 0.25) is 0 Å². The molecule has 2 fully saturated rings. The van der Waals surface area contributed by atoms with Gasteiger partial charge in [-0.25, -0.2) is 0 Å². The van der Waals surface area contributed by atoms with Crippen LogP contribution in [0.25, 0.3) is 0 Å². The number of carbonyl (C=O) groups is 1. The Kier molecular flexibility index (Phi) is 3.63. The van der Waals surface area contributed by atoms with Crippen LogP contribution in [-0.4, -0.2) is 48.8 Å². The Balaban J connectivity index is 1.64. The zero-order valence-corrected chi connectivity index (χ0v) is 11.6. The zero-order valence-electron chi connectivity index (χ0n) is 11.6. The summed E-state index contributed by atoms with van der Waals surface area (Å²) in [7, 11) is 2.07. The first-order valence-electron chi connectivity index (χ1n) is 7.03. The van der Waals surface area contributed by atoms with Crippen LogP contribution in [0.5, 0.6) is 5.75 Å². The highest BCUT2D eigenvalue weighted by atomic mass is 16.5. The minimum Gasteiger partial charge on any atom is -0.488 e. The van der Waals surface area contributed by atoms with Crippen LogP contribution < -0.4 is 10.1 Å². The van der Waals surface area contributed by atoms with Crippen molar-refractivity contribution in [1.29, 1.82) is 0 Å². The van der Waals surface area contributed by atoms with E-state index in [2.05, 4.69) is 17.3 Å². The number of carboxylic acids is 1. The van der Waals surface area contributed by atoms with Gasteiger partial charge >= 0.3 is 5.97 Å². The monoisotopic (exact) mass is 276 g/mol. The molecule has 0 aromatic heterocycles. The number of nitrogens with one attached hydrogen (secondary N) is 1. The van der Waals surface area contributed by atoms with Crippen LogP contribution in [0.2, 0.25) is 0 Å². The van der Waals surface area contributed by atoms with E-state index in [9.17, 15) is 4.79 Å². The summed E-state index contributed by atoms with van der Waals surface area (Å²) in [5.74, 6) is -0.129. The number of ether oxygens (including phenoxy) is 1. The third kappa shape index (κ3) is 2.78. The molecule has 2 unspecified atom stereocenters. The van der Waals surface area contributed by atoms with Crippen molar-refractivity contribution in [3.05, 3.63) is 29.8 Å².